The number of thioether (sulfide) groups is 1. The summed E-state index contributed by atoms with van der Waals surface area (Å²) in [5.74, 6) is 1.47. The molecule has 0 radical (unpaired) electrons. The summed E-state index contributed by atoms with van der Waals surface area (Å²) in [5.41, 5.74) is 0.987. The van der Waals surface area contributed by atoms with Crippen LogP contribution < -0.4 is 4.74 Å². The Morgan fingerprint density at radius 1 is 1.53 bits per heavy atom. The number of ether oxygens (including phenoxy) is 1. The third-order valence-electron chi connectivity index (χ3n) is 1.93. The lowest BCUT2D eigenvalue weighted by Crippen LogP contribution is -2.01. The summed E-state index contributed by atoms with van der Waals surface area (Å²) in [6.07, 6.45) is 1.99. The van der Waals surface area contributed by atoms with Crippen molar-refractivity contribution in [1.29, 1.82) is 0 Å². The minimum atomic E-state index is -0.416. The lowest BCUT2D eigenvalue weighted by Gasteiger charge is -2.07. The summed E-state index contributed by atoms with van der Waals surface area (Å²) in [6.45, 7) is 2.45. The van der Waals surface area contributed by atoms with Crippen molar-refractivity contribution in [3.8, 4) is 5.75 Å². The van der Waals surface area contributed by atoms with E-state index < -0.39 is 4.92 Å². The molecule has 0 aliphatic carbocycles. The van der Waals surface area contributed by atoms with E-state index in [1.54, 1.807) is 17.8 Å². The molecule has 0 saturated heterocycles. The first kappa shape index (κ1) is 11.8. The van der Waals surface area contributed by atoms with Crippen molar-refractivity contribution in [3.63, 3.8) is 0 Å². The van der Waals surface area contributed by atoms with Crippen LogP contribution in [0.4, 0.5) is 5.69 Å². The lowest BCUT2D eigenvalue weighted by atomic mass is 10.2. The van der Waals surface area contributed by atoms with Crippen molar-refractivity contribution in [1.82, 2.24) is 0 Å². The smallest absolute Gasteiger partial charge is 0.273 e. The molecule has 1 aromatic carbocycles. The van der Waals surface area contributed by atoms with Gasteiger partial charge in [0.1, 0.15) is 5.75 Å². The molecule has 82 valence electrons. The van der Waals surface area contributed by atoms with E-state index in [4.69, 9.17) is 4.74 Å². The van der Waals surface area contributed by atoms with Crippen LogP contribution in [0.5, 0.6) is 5.75 Å². The Balaban J connectivity index is 2.76. The average Bonchev–Trinajstić information content (AvgIpc) is 2.20. The van der Waals surface area contributed by atoms with E-state index in [0.717, 1.165) is 11.3 Å². The molecule has 0 atom stereocenters. The largest absolute Gasteiger partial charge is 0.492 e. The number of benzene rings is 1. The molecule has 0 heterocycles. The molecular weight excluding hydrogens is 214 g/mol. The van der Waals surface area contributed by atoms with Gasteiger partial charge in [-0.05, 0) is 24.8 Å². The average molecular weight is 227 g/mol. The standard InChI is InChI=1S/C10H13NO3S/c1-8-3-4-9(11(12)13)7-10(8)14-5-6-15-2/h3-4,7H,5-6H2,1-2H3. The molecule has 0 aromatic heterocycles. The number of nitro groups is 1. The predicted molar refractivity (Wildman–Crippen MR) is 61.7 cm³/mol. The second kappa shape index (κ2) is 5.60. The maximum Gasteiger partial charge on any atom is 0.273 e. The first-order chi connectivity index (χ1) is 7.15. The van der Waals surface area contributed by atoms with Crippen LogP contribution in [0.1, 0.15) is 5.56 Å². The van der Waals surface area contributed by atoms with E-state index in [1.807, 2.05) is 13.2 Å². The third kappa shape index (κ3) is 3.43. The fraction of sp³-hybridized carbons (Fsp3) is 0.400. The van der Waals surface area contributed by atoms with Crippen molar-refractivity contribution >= 4 is 17.4 Å². The summed E-state index contributed by atoms with van der Waals surface area (Å²) < 4.78 is 5.44. The van der Waals surface area contributed by atoms with Gasteiger partial charge >= 0.3 is 0 Å². The summed E-state index contributed by atoms with van der Waals surface area (Å²) in [6, 6.07) is 4.65. The molecule has 5 heteroatoms. The molecule has 0 N–H and O–H groups in total. The SMILES string of the molecule is CSCCOc1cc([N+](=O)[O-])ccc1C. The van der Waals surface area contributed by atoms with Crippen LogP contribution in [0.3, 0.4) is 0 Å². The monoisotopic (exact) mass is 227 g/mol. The van der Waals surface area contributed by atoms with Crippen LogP contribution in [0.2, 0.25) is 0 Å². The van der Waals surface area contributed by atoms with Crippen LogP contribution in [0, 0.1) is 17.0 Å². The van der Waals surface area contributed by atoms with Crippen molar-refractivity contribution in [2.45, 2.75) is 6.92 Å². The molecule has 15 heavy (non-hydrogen) atoms. The molecule has 0 aliphatic heterocycles. The van der Waals surface area contributed by atoms with Crippen molar-refractivity contribution in [2.75, 3.05) is 18.6 Å². The molecule has 1 aromatic rings. The lowest BCUT2D eigenvalue weighted by molar-refractivity contribution is -0.384. The van der Waals surface area contributed by atoms with Crippen LogP contribution in [0.25, 0.3) is 0 Å². The Labute approximate surface area is 92.8 Å². The van der Waals surface area contributed by atoms with Gasteiger partial charge in [-0.25, -0.2) is 0 Å². The van der Waals surface area contributed by atoms with Gasteiger partial charge in [0, 0.05) is 11.8 Å². The van der Waals surface area contributed by atoms with E-state index in [2.05, 4.69) is 0 Å². The number of hydrogen-bond donors (Lipinski definition) is 0. The van der Waals surface area contributed by atoms with Gasteiger partial charge in [-0.15, -0.1) is 0 Å². The van der Waals surface area contributed by atoms with E-state index in [1.165, 1.54) is 12.1 Å². The topological polar surface area (TPSA) is 52.4 Å². The molecule has 0 unspecified atom stereocenters. The minimum absolute atomic E-state index is 0.0692. The highest BCUT2D eigenvalue weighted by atomic mass is 32.2. The van der Waals surface area contributed by atoms with Crippen LogP contribution in [-0.2, 0) is 0 Å². The fourth-order valence-electron chi connectivity index (χ4n) is 1.09. The van der Waals surface area contributed by atoms with Gasteiger partial charge in [0.25, 0.3) is 5.69 Å². The molecule has 0 fully saturated rings. The summed E-state index contributed by atoms with van der Waals surface area (Å²) in [5, 5.41) is 10.5. The maximum absolute atomic E-state index is 10.5. The van der Waals surface area contributed by atoms with Gasteiger partial charge < -0.3 is 4.74 Å². The zero-order valence-corrected chi connectivity index (χ0v) is 9.54. The third-order valence-corrected chi connectivity index (χ3v) is 2.50. The highest BCUT2D eigenvalue weighted by Crippen LogP contribution is 2.23. The van der Waals surface area contributed by atoms with E-state index in [0.29, 0.717) is 12.4 Å². The zero-order chi connectivity index (χ0) is 11.3. The Morgan fingerprint density at radius 3 is 2.87 bits per heavy atom. The molecule has 4 nitrogen and oxygen atoms in total. The van der Waals surface area contributed by atoms with Gasteiger partial charge in [0.2, 0.25) is 0 Å². The molecule has 0 bridgehead atoms. The van der Waals surface area contributed by atoms with Gasteiger partial charge in [-0.1, -0.05) is 0 Å². The quantitative estimate of drug-likeness (QED) is 0.441. The first-order valence-corrected chi connectivity index (χ1v) is 5.91. The Kier molecular flexibility index (Phi) is 4.42. The van der Waals surface area contributed by atoms with Crippen LogP contribution >= 0.6 is 11.8 Å². The highest BCUT2D eigenvalue weighted by Gasteiger charge is 2.08. The maximum atomic E-state index is 10.5. The van der Waals surface area contributed by atoms with Crippen LogP contribution in [-0.4, -0.2) is 23.5 Å². The molecular formula is C10H13NO3S. The van der Waals surface area contributed by atoms with Crippen LogP contribution in [0.15, 0.2) is 18.2 Å². The summed E-state index contributed by atoms with van der Waals surface area (Å²) in [4.78, 5) is 10.1. The number of nitrogens with zero attached hydrogens (tertiary/aromatic N) is 1. The summed E-state index contributed by atoms with van der Waals surface area (Å²) >= 11 is 1.68. The van der Waals surface area contributed by atoms with E-state index in [9.17, 15) is 10.1 Å². The van der Waals surface area contributed by atoms with Gasteiger partial charge in [-0.3, -0.25) is 10.1 Å². The van der Waals surface area contributed by atoms with Gasteiger partial charge in [0.15, 0.2) is 0 Å². The van der Waals surface area contributed by atoms with Gasteiger partial charge in [-0.2, -0.15) is 11.8 Å². The van der Waals surface area contributed by atoms with E-state index in [-0.39, 0.29) is 5.69 Å². The van der Waals surface area contributed by atoms with E-state index >= 15 is 0 Å². The zero-order valence-electron chi connectivity index (χ0n) is 8.73. The minimum Gasteiger partial charge on any atom is -0.492 e. The highest BCUT2D eigenvalue weighted by molar-refractivity contribution is 7.98. The fourth-order valence-corrected chi connectivity index (χ4v) is 1.34. The second-order valence-corrected chi connectivity index (χ2v) is 4.03. The molecule has 0 spiro atoms. The number of hydrogen-bond acceptors (Lipinski definition) is 4. The molecule has 0 aliphatic rings. The van der Waals surface area contributed by atoms with Crippen molar-refractivity contribution in [2.24, 2.45) is 0 Å². The number of nitro benzene ring substituents is 1. The number of aryl methyl sites for hydroxylation is 1. The predicted octanol–water partition coefficient (Wildman–Crippen LogP) is 2.65. The Hall–Kier alpha value is -1.23. The first-order valence-electron chi connectivity index (χ1n) is 4.52. The Morgan fingerprint density at radius 2 is 2.27 bits per heavy atom. The number of non-ortho nitro benzene ring substituents is 1. The molecule has 0 amide bonds. The summed E-state index contributed by atoms with van der Waals surface area (Å²) in [7, 11) is 0. The molecule has 1 rings (SSSR count). The molecule has 0 saturated carbocycles. The van der Waals surface area contributed by atoms with Gasteiger partial charge in [0.05, 0.1) is 17.6 Å². The Bertz CT molecular complexity index is 355. The normalized spacial score (nSPS) is 10.0. The van der Waals surface area contributed by atoms with Crippen molar-refractivity contribution in [3.05, 3.63) is 33.9 Å². The van der Waals surface area contributed by atoms with Crippen molar-refractivity contribution < 1.29 is 9.66 Å². The second-order valence-electron chi connectivity index (χ2n) is 3.05. The number of rotatable bonds is 5.